The van der Waals surface area contributed by atoms with E-state index >= 15 is 0 Å². The second-order valence-electron chi connectivity index (χ2n) is 7.05. The van der Waals surface area contributed by atoms with Gasteiger partial charge in [0.1, 0.15) is 12.1 Å². The van der Waals surface area contributed by atoms with Crippen molar-refractivity contribution in [2.75, 3.05) is 6.54 Å². The van der Waals surface area contributed by atoms with Crippen molar-refractivity contribution in [3.05, 3.63) is 11.8 Å². The number of nitrogens with one attached hydrogen (secondary N) is 1. The van der Waals surface area contributed by atoms with Gasteiger partial charge >= 0.3 is 6.03 Å². The predicted octanol–water partition coefficient (Wildman–Crippen LogP) is 2.55. The maximum Gasteiger partial charge on any atom is 0.325 e. The number of amides is 4. The fourth-order valence-electron chi connectivity index (χ4n) is 3.73. The van der Waals surface area contributed by atoms with Crippen LogP contribution < -0.4 is 5.32 Å². The number of rotatable bonds is 6. The number of nitrogens with zero attached hydrogens (tertiary/aromatic N) is 2. The number of hydrogen-bond donors (Lipinski definition) is 1. The zero-order valence-electron chi connectivity index (χ0n) is 14.6. The van der Waals surface area contributed by atoms with Gasteiger partial charge < -0.3 is 10.2 Å². The Hall–Kier alpha value is -1.85. The molecule has 0 unspecified atom stereocenters. The lowest BCUT2D eigenvalue weighted by atomic mass is 9.93. The van der Waals surface area contributed by atoms with Crippen molar-refractivity contribution in [3.8, 4) is 0 Å². The normalized spacial score (nSPS) is 23.1. The quantitative estimate of drug-likeness (QED) is 0.760. The van der Waals surface area contributed by atoms with E-state index in [0.29, 0.717) is 12.8 Å². The van der Waals surface area contributed by atoms with Gasteiger partial charge in [-0.15, -0.1) is 0 Å². The minimum Gasteiger partial charge on any atom is -0.323 e. The minimum absolute atomic E-state index is 0.128. The number of carbonyl (C=O) groups is 3. The highest BCUT2D eigenvalue weighted by atomic mass is 16.2. The molecule has 2 fully saturated rings. The highest BCUT2D eigenvalue weighted by molar-refractivity contribution is 6.09. The Morgan fingerprint density at radius 3 is 2.50 bits per heavy atom. The first-order chi connectivity index (χ1) is 11.5. The monoisotopic (exact) mass is 333 g/mol. The van der Waals surface area contributed by atoms with E-state index in [0.717, 1.165) is 42.7 Å². The average Bonchev–Trinajstić information content (AvgIpc) is 3.39. The summed E-state index contributed by atoms with van der Waals surface area (Å²) in [5.74, 6) is -0.392. The maximum atomic E-state index is 12.9. The lowest BCUT2D eigenvalue weighted by molar-refractivity contribution is -0.138. The van der Waals surface area contributed by atoms with Crippen molar-refractivity contribution in [2.24, 2.45) is 0 Å². The van der Waals surface area contributed by atoms with E-state index in [1.54, 1.807) is 0 Å². The molecule has 1 N–H and O–H groups in total. The number of imide groups is 1. The fourth-order valence-corrected chi connectivity index (χ4v) is 3.73. The highest BCUT2D eigenvalue weighted by Crippen LogP contribution is 2.34. The summed E-state index contributed by atoms with van der Waals surface area (Å²) in [5, 5.41) is 2.79. The third kappa shape index (κ3) is 2.94. The first-order valence-corrected chi connectivity index (χ1v) is 9.17. The van der Waals surface area contributed by atoms with Gasteiger partial charge in [0.05, 0.1) is 0 Å². The van der Waals surface area contributed by atoms with Gasteiger partial charge in [-0.3, -0.25) is 14.5 Å². The summed E-state index contributed by atoms with van der Waals surface area (Å²) < 4.78 is 0. The molecule has 3 rings (SSSR count). The highest BCUT2D eigenvalue weighted by Gasteiger charge is 2.50. The molecule has 0 atom stereocenters. The van der Waals surface area contributed by atoms with Gasteiger partial charge in [-0.1, -0.05) is 19.9 Å². The first-order valence-electron chi connectivity index (χ1n) is 9.17. The van der Waals surface area contributed by atoms with Crippen molar-refractivity contribution in [1.29, 1.82) is 0 Å². The van der Waals surface area contributed by atoms with Gasteiger partial charge in [0.2, 0.25) is 5.91 Å². The van der Waals surface area contributed by atoms with E-state index < -0.39 is 11.6 Å². The number of allylic oxidation sites excluding steroid dienone is 2. The molecule has 6 nitrogen and oxygen atoms in total. The van der Waals surface area contributed by atoms with Gasteiger partial charge in [0.15, 0.2) is 0 Å². The second-order valence-corrected chi connectivity index (χ2v) is 7.05. The first kappa shape index (κ1) is 17.0. The van der Waals surface area contributed by atoms with E-state index in [4.69, 9.17) is 0 Å². The molecule has 24 heavy (non-hydrogen) atoms. The molecule has 0 spiro atoms. The van der Waals surface area contributed by atoms with Crippen LogP contribution in [-0.2, 0) is 9.59 Å². The number of hydrogen-bond acceptors (Lipinski definition) is 3. The summed E-state index contributed by atoms with van der Waals surface area (Å²) in [7, 11) is 0. The molecule has 1 heterocycles. The Labute approximate surface area is 143 Å². The molecule has 6 heteroatoms. The summed E-state index contributed by atoms with van der Waals surface area (Å²) >= 11 is 0. The Balaban J connectivity index is 1.74. The Bertz CT molecular complexity index is 576. The van der Waals surface area contributed by atoms with Crippen LogP contribution in [0.5, 0.6) is 0 Å². The summed E-state index contributed by atoms with van der Waals surface area (Å²) in [5.41, 5.74) is 0.240. The number of carbonyl (C=O) groups excluding carboxylic acids is 3. The van der Waals surface area contributed by atoms with Crippen LogP contribution in [-0.4, -0.2) is 45.8 Å². The van der Waals surface area contributed by atoms with Crippen LogP contribution in [0.25, 0.3) is 0 Å². The molecule has 0 bridgehead atoms. The van der Waals surface area contributed by atoms with Crippen LogP contribution in [0.15, 0.2) is 11.8 Å². The maximum absolute atomic E-state index is 12.9. The van der Waals surface area contributed by atoms with E-state index in [1.807, 2.05) is 18.7 Å². The third-order valence-corrected chi connectivity index (χ3v) is 5.50. The summed E-state index contributed by atoms with van der Waals surface area (Å²) in [6.07, 6.45) is 9.42. The molecule has 4 amide bonds. The molecule has 0 aromatic rings. The van der Waals surface area contributed by atoms with Crippen LogP contribution in [0, 0.1) is 0 Å². The summed E-state index contributed by atoms with van der Waals surface area (Å²) in [6.45, 7) is 3.62. The third-order valence-electron chi connectivity index (χ3n) is 5.50. The van der Waals surface area contributed by atoms with Crippen LogP contribution >= 0.6 is 0 Å². The van der Waals surface area contributed by atoms with Crippen molar-refractivity contribution >= 4 is 17.8 Å². The van der Waals surface area contributed by atoms with Crippen molar-refractivity contribution in [3.63, 3.8) is 0 Å². The van der Waals surface area contributed by atoms with Crippen molar-refractivity contribution in [2.45, 2.75) is 76.8 Å². The van der Waals surface area contributed by atoms with E-state index in [9.17, 15) is 14.4 Å². The largest absolute Gasteiger partial charge is 0.325 e. The van der Waals surface area contributed by atoms with E-state index in [-0.39, 0.29) is 24.4 Å². The summed E-state index contributed by atoms with van der Waals surface area (Å²) in [6, 6.07) is -0.185. The zero-order chi connectivity index (χ0) is 17.3. The SMILES string of the molecule is CCC1(CC)NC(=O)N(CC(=O)N(C2=CCCCC2)C2CC2)C1=O. The molecule has 1 saturated carbocycles. The Kier molecular flexibility index (Phi) is 4.65. The lowest BCUT2D eigenvalue weighted by Crippen LogP contribution is -2.47. The molecule has 0 radical (unpaired) electrons. The molecule has 3 aliphatic rings. The molecular weight excluding hydrogens is 306 g/mol. The second kappa shape index (κ2) is 6.57. The summed E-state index contributed by atoms with van der Waals surface area (Å²) in [4.78, 5) is 40.8. The Morgan fingerprint density at radius 1 is 1.29 bits per heavy atom. The van der Waals surface area contributed by atoms with Gasteiger partial charge in [-0.05, 0) is 51.4 Å². The standard InChI is InChI=1S/C18H27N3O3/c1-3-18(4-2)16(23)20(17(24)19-18)12-15(22)21(14-10-11-14)13-8-6-5-7-9-13/h8,14H,3-7,9-12H2,1-2H3,(H,19,24). The molecular formula is C18H27N3O3. The van der Waals surface area contributed by atoms with E-state index in [1.165, 1.54) is 6.42 Å². The van der Waals surface area contributed by atoms with Crippen molar-refractivity contribution in [1.82, 2.24) is 15.1 Å². The fraction of sp³-hybridized carbons (Fsp3) is 0.722. The van der Waals surface area contributed by atoms with Crippen LogP contribution in [0.3, 0.4) is 0 Å². The van der Waals surface area contributed by atoms with Crippen LogP contribution in [0.2, 0.25) is 0 Å². The molecule has 1 saturated heterocycles. The smallest absolute Gasteiger partial charge is 0.323 e. The molecule has 132 valence electrons. The molecule has 1 aliphatic heterocycles. The predicted molar refractivity (Wildman–Crippen MR) is 90.0 cm³/mol. The lowest BCUT2D eigenvalue weighted by Gasteiger charge is -2.29. The Morgan fingerprint density at radius 2 is 2.00 bits per heavy atom. The van der Waals surface area contributed by atoms with Crippen LogP contribution in [0.1, 0.15) is 65.2 Å². The topological polar surface area (TPSA) is 69.7 Å². The van der Waals surface area contributed by atoms with Gasteiger partial charge in [-0.2, -0.15) is 0 Å². The molecule has 0 aromatic carbocycles. The van der Waals surface area contributed by atoms with Gasteiger partial charge in [0.25, 0.3) is 5.91 Å². The van der Waals surface area contributed by atoms with Crippen molar-refractivity contribution < 1.29 is 14.4 Å². The number of urea groups is 1. The van der Waals surface area contributed by atoms with Gasteiger partial charge in [0, 0.05) is 11.7 Å². The molecule has 0 aromatic heterocycles. The van der Waals surface area contributed by atoms with Crippen LogP contribution in [0.4, 0.5) is 4.79 Å². The minimum atomic E-state index is -0.841. The van der Waals surface area contributed by atoms with E-state index in [2.05, 4.69) is 11.4 Å². The average molecular weight is 333 g/mol. The van der Waals surface area contributed by atoms with Gasteiger partial charge in [-0.25, -0.2) is 4.79 Å². The molecule has 2 aliphatic carbocycles. The zero-order valence-corrected chi connectivity index (χ0v) is 14.6.